The van der Waals surface area contributed by atoms with E-state index < -0.39 is 0 Å². The monoisotopic (exact) mass is 307 g/mol. The normalized spacial score (nSPS) is 9.88. The molecule has 0 saturated heterocycles. The summed E-state index contributed by atoms with van der Waals surface area (Å²) in [4.78, 5) is 18.5. The molecule has 0 aliphatic heterocycles. The van der Waals surface area contributed by atoms with Crippen molar-refractivity contribution in [1.82, 2.24) is 9.97 Å². The van der Waals surface area contributed by atoms with Gasteiger partial charge in [-0.2, -0.15) is 5.26 Å². The lowest BCUT2D eigenvalue weighted by atomic mass is 10.2. The molecule has 4 nitrogen and oxygen atoms in total. The number of aromatic amines is 1. The highest BCUT2D eigenvalue weighted by Crippen LogP contribution is 2.29. The fraction of sp³-hybridized carbons (Fsp3) is 0. The second-order valence-electron chi connectivity index (χ2n) is 3.09. The first-order chi connectivity index (χ1) is 8.19. The van der Waals surface area contributed by atoms with Crippen LogP contribution in [-0.4, -0.2) is 9.97 Å². The molecule has 1 heterocycles. The SMILES string of the molecule is N#Cc1ccc(Br)cc1Sc1nccc(=O)[nH]1. The van der Waals surface area contributed by atoms with E-state index in [0.29, 0.717) is 10.7 Å². The second-order valence-corrected chi connectivity index (χ2v) is 5.04. The summed E-state index contributed by atoms with van der Waals surface area (Å²) in [6, 6.07) is 8.77. The molecule has 17 heavy (non-hydrogen) atoms. The molecule has 0 spiro atoms. The number of benzene rings is 1. The maximum absolute atomic E-state index is 11.1. The Morgan fingerprint density at radius 3 is 2.94 bits per heavy atom. The summed E-state index contributed by atoms with van der Waals surface area (Å²) in [5.41, 5.74) is 0.334. The number of H-pyrrole nitrogens is 1. The standard InChI is InChI=1S/C11H6BrN3OS/c12-8-2-1-7(6-13)9(5-8)17-11-14-4-3-10(16)15-11/h1-5H,(H,14,15,16). The second kappa shape index (κ2) is 5.17. The Hall–Kier alpha value is -1.58. The van der Waals surface area contributed by atoms with Gasteiger partial charge in [0.15, 0.2) is 5.16 Å². The molecule has 0 amide bonds. The molecule has 0 aliphatic carbocycles. The largest absolute Gasteiger partial charge is 0.301 e. The fourth-order valence-electron chi connectivity index (χ4n) is 1.18. The Bertz CT molecular complexity index is 648. The van der Waals surface area contributed by atoms with Gasteiger partial charge in [0.25, 0.3) is 5.56 Å². The minimum Gasteiger partial charge on any atom is -0.301 e. The van der Waals surface area contributed by atoms with Gasteiger partial charge < -0.3 is 4.98 Å². The van der Waals surface area contributed by atoms with Gasteiger partial charge in [0.05, 0.1) is 5.56 Å². The van der Waals surface area contributed by atoms with E-state index in [1.165, 1.54) is 24.0 Å². The van der Waals surface area contributed by atoms with Crippen LogP contribution in [0, 0.1) is 11.3 Å². The summed E-state index contributed by atoms with van der Waals surface area (Å²) in [6.07, 6.45) is 1.44. The summed E-state index contributed by atoms with van der Waals surface area (Å²) in [5, 5.41) is 9.44. The van der Waals surface area contributed by atoms with E-state index in [-0.39, 0.29) is 5.56 Å². The van der Waals surface area contributed by atoms with Crippen LogP contribution >= 0.6 is 27.7 Å². The van der Waals surface area contributed by atoms with Gasteiger partial charge in [-0.15, -0.1) is 0 Å². The predicted molar refractivity (Wildman–Crippen MR) is 67.8 cm³/mol. The molecular weight excluding hydrogens is 302 g/mol. The summed E-state index contributed by atoms with van der Waals surface area (Å²) < 4.78 is 0.872. The average Bonchev–Trinajstić information content (AvgIpc) is 2.29. The maximum atomic E-state index is 11.1. The zero-order valence-electron chi connectivity index (χ0n) is 8.48. The van der Waals surface area contributed by atoms with Crippen LogP contribution in [-0.2, 0) is 0 Å². The van der Waals surface area contributed by atoms with Gasteiger partial charge in [-0.25, -0.2) is 4.98 Å². The van der Waals surface area contributed by atoms with Crippen LogP contribution in [0.4, 0.5) is 0 Å². The van der Waals surface area contributed by atoms with Crippen molar-refractivity contribution < 1.29 is 0 Å². The zero-order valence-corrected chi connectivity index (χ0v) is 10.9. The number of rotatable bonds is 2. The van der Waals surface area contributed by atoms with E-state index in [4.69, 9.17) is 5.26 Å². The van der Waals surface area contributed by atoms with Gasteiger partial charge >= 0.3 is 0 Å². The van der Waals surface area contributed by atoms with Crippen molar-refractivity contribution in [2.24, 2.45) is 0 Å². The molecule has 2 rings (SSSR count). The Balaban J connectivity index is 2.39. The summed E-state index contributed by atoms with van der Waals surface area (Å²) in [7, 11) is 0. The highest BCUT2D eigenvalue weighted by Gasteiger charge is 2.06. The van der Waals surface area contributed by atoms with E-state index in [2.05, 4.69) is 32.0 Å². The maximum Gasteiger partial charge on any atom is 0.251 e. The van der Waals surface area contributed by atoms with Gasteiger partial charge in [0, 0.05) is 21.6 Å². The van der Waals surface area contributed by atoms with E-state index in [1.54, 1.807) is 12.1 Å². The van der Waals surface area contributed by atoms with Gasteiger partial charge in [-0.1, -0.05) is 27.7 Å². The molecular formula is C11H6BrN3OS. The lowest BCUT2D eigenvalue weighted by molar-refractivity contribution is 0.936. The molecule has 1 aromatic carbocycles. The Morgan fingerprint density at radius 1 is 1.41 bits per heavy atom. The third-order valence-corrected chi connectivity index (χ3v) is 3.37. The predicted octanol–water partition coefficient (Wildman–Crippen LogP) is 2.56. The number of hydrogen-bond donors (Lipinski definition) is 1. The van der Waals surface area contributed by atoms with E-state index in [9.17, 15) is 4.79 Å². The van der Waals surface area contributed by atoms with Crippen LogP contribution in [0.25, 0.3) is 0 Å². The molecule has 1 aromatic heterocycles. The number of hydrogen-bond acceptors (Lipinski definition) is 4. The average molecular weight is 308 g/mol. The smallest absolute Gasteiger partial charge is 0.251 e. The van der Waals surface area contributed by atoms with Crippen molar-refractivity contribution >= 4 is 27.7 Å². The number of nitrogens with one attached hydrogen (secondary N) is 1. The Labute approximate surface area is 110 Å². The van der Waals surface area contributed by atoms with E-state index in [1.807, 2.05) is 6.07 Å². The quantitative estimate of drug-likeness (QED) is 0.866. The van der Waals surface area contributed by atoms with Crippen LogP contribution in [0.15, 0.2) is 49.8 Å². The molecule has 0 saturated carbocycles. The first-order valence-electron chi connectivity index (χ1n) is 4.62. The van der Waals surface area contributed by atoms with Crippen LogP contribution in [0.3, 0.4) is 0 Å². The molecule has 1 N–H and O–H groups in total. The molecule has 2 aromatic rings. The highest BCUT2D eigenvalue weighted by molar-refractivity contribution is 9.10. The number of halogens is 1. The molecule has 0 unspecified atom stereocenters. The van der Waals surface area contributed by atoms with Gasteiger partial charge in [-0.05, 0) is 18.2 Å². The van der Waals surface area contributed by atoms with Crippen LogP contribution in [0.1, 0.15) is 5.56 Å². The van der Waals surface area contributed by atoms with Crippen LogP contribution in [0.2, 0.25) is 0 Å². The minimum absolute atomic E-state index is 0.212. The van der Waals surface area contributed by atoms with E-state index in [0.717, 1.165) is 9.37 Å². The first kappa shape index (κ1) is 11.9. The number of nitriles is 1. The minimum atomic E-state index is -0.212. The number of nitrogens with zero attached hydrogens (tertiary/aromatic N) is 2. The van der Waals surface area contributed by atoms with Crippen LogP contribution in [0.5, 0.6) is 0 Å². The van der Waals surface area contributed by atoms with E-state index >= 15 is 0 Å². The summed E-state index contributed by atoms with van der Waals surface area (Å²) in [5.74, 6) is 0. The topological polar surface area (TPSA) is 69.5 Å². The zero-order chi connectivity index (χ0) is 12.3. The fourth-order valence-corrected chi connectivity index (χ4v) is 2.58. The molecule has 84 valence electrons. The summed E-state index contributed by atoms with van der Waals surface area (Å²) >= 11 is 4.59. The van der Waals surface area contributed by atoms with Gasteiger partial charge in [0.2, 0.25) is 0 Å². The lowest BCUT2D eigenvalue weighted by Gasteiger charge is -2.03. The molecule has 0 bridgehead atoms. The molecule has 6 heteroatoms. The van der Waals surface area contributed by atoms with Gasteiger partial charge in [0.1, 0.15) is 6.07 Å². The Morgan fingerprint density at radius 2 is 2.24 bits per heavy atom. The van der Waals surface area contributed by atoms with Crippen molar-refractivity contribution in [3.8, 4) is 6.07 Å². The lowest BCUT2D eigenvalue weighted by Crippen LogP contribution is -2.05. The van der Waals surface area contributed by atoms with Crippen molar-refractivity contribution in [2.75, 3.05) is 0 Å². The molecule has 0 atom stereocenters. The first-order valence-corrected chi connectivity index (χ1v) is 6.23. The summed E-state index contributed by atoms with van der Waals surface area (Å²) in [6.45, 7) is 0. The van der Waals surface area contributed by atoms with Gasteiger partial charge in [-0.3, -0.25) is 4.79 Å². The van der Waals surface area contributed by atoms with Crippen LogP contribution < -0.4 is 5.56 Å². The third-order valence-electron chi connectivity index (χ3n) is 1.92. The Kier molecular flexibility index (Phi) is 3.61. The highest BCUT2D eigenvalue weighted by atomic mass is 79.9. The van der Waals surface area contributed by atoms with Crippen molar-refractivity contribution in [1.29, 1.82) is 5.26 Å². The third kappa shape index (κ3) is 2.96. The molecule has 0 aliphatic rings. The molecule has 0 fully saturated rings. The number of aromatic nitrogens is 2. The van der Waals surface area contributed by atoms with Crippen molar-refractivity contribution in [2.45, 2.75) is 10.1 Å². The molecule has 0 radical (unpaired) electrons. The van der Waals surface area contributed by atoms with Crippen molar-refractivity contribution in [3.63, 3.8) is 0 Å². The van der Waals surface area contributed by atoms with Crippen molar-refractivity contribution in [3.05, 3.63) is 50.9 Å².